The maximum absolute atomic E-state index is 6.13. The van der Waals surface area contributed by atoms with E-state index >= 15 is 0 Å². The van der Waals surface area contributed by atoms with E-state index in [-0.39, 0.29) is 5.41 Å². The summed E-state index contributed by atoms with van der Waals surface area (Å²) in [5.41, 5.74) is 17.7. The van der Waals surface area contributed by atoms with E-state index in [1.54, 1.807) is 0 Å². The number of rotatable bonds is 6. The Kier molecular flexibility index (Phi) is 7.55. The molecule has 0 spiro atoms. The molecule has 0 saturated heterocycles. The van der Waals surface area contributed by atoms with Crippen LogP contribution in [0.1, 0.15) is 25.0 Å². The molecule has 57 heavy (non-hydrogen) atoms. The summed E-state index contributed by atoms with van der Waals surface area (Å²) in [7, 11) is 0. The van der Waals surface area contributed by atoms with Crippen molar-refractivity contribution >= 4 is 49.8 Å². The molecule has 9 aromatic carbocycles. The van der Waals surface area contributed by atoms with Crippen molar-refractivity contribution < 1.29 is 4.42 Å². The molecular formula is C55H39NO. The smallest absolute Gasteiger partial charge is 0.135 e. The predicted octanol–water partition coefficient (Wildman–Crippen LogP) is 15.5. The van der Waals surface area contributed by atoms with Gasteiger partial charge in [-0.05, 0) is 121 Å². The number of benzene rings is 9. The van der Waals surface area contributed by atoms with Gasteiger partial charge in [0.05, 0.1) is 0 Å². The third-order valence-electron chi connectivity index (χ3n) is 12.1. The molecule has 0 atom stereocenters. The molecule has 0 saturated carbocycles. The van der Waals surface area contributed by atoms with E-state index in [9.17, 15) is 0 Å². The Morgan fingerprint density at radius 3 is 1.65 bits per heavy atom. The second-order valence-electron chi connectivity index (χ2n) is 15.7. The van der Waals surface area contributed by atoms with Crippen LogP contribution in [0.5, 0.6) is 0 Å². The summed E-state index contributed by atoms with van der Waals surface area (Å²) in [5, 5.41) is 4.81. The first-order valence-electron chi connectivity index (χ1n) is 19.7. The SMILES string of the molecule is CC1(C)c2ccccc2-c2ccc(N(c3ccc(-c4ccc(-c5cccc6ccccc56)cc4)cc3)c3ccc(-c4ccc5oc6ccccc6c5c4)cc3)cc21. The average molecular weight is 730 g/mol. The lowest BCUT2D eigenvalue weighted by molar-refractivity contribution is 0.660. The zero-order valence-corrected chi connectivity index (χ0v) is 31.9. The van der Waals surface area contributed by atoms with Gasteiger partial charge in [0, 0.05) is 33.2 Å². The minimum Gasteiger partial charge on any atom is -0.456 e. The van der Waals surface area contributed by atoms with Crippen LogP contribution in [0.2, 0.25) is 0 Å². The number of anilines is 3. The summed E-state index contributed by atoms with van der Waals surface area (Å²) in [6.45, 7) is 4.70. The molecule has 0 bridgehead atoms. The maximum atomic E-state index is 6.13. The van der Waals surface area contributed by atoms with Gasteiger partial charge in [0.15, 0.2) is 0 Å². The van der Waals surface area contributed by atoms with Crippen LogP contribution in [-0.2, 0) is 5.41 Å². The second kappa shape index (κ2) is 13.0. The van der Waals surface area contributed by atoms with Crippen molar-refractivity contribution in [3.63, 3.8) is 0 Å². The first kappa shape index (κ1) is 33.2. The summed E-state index contributed by atoms with van der Waals surface area (Å²) >= 11 is 0. The first-order valence-corrected chi connectivity index (χ1v) is 19.7. The number of nitrogens with zero attached hydrogens (tertiary/aromatic N) is 1. The fraction of sp³-hybridized carbons (Fsp3) is 0.0545. The third kappa shape index (κ3) is 5.48. The molecule has 0 amide bonds. The van der Waals surface area contributed by atoms with Gasteiger partial charge < -0.3 is 9.32 Å². The molecule has 270 valence electrons. The van der Waals surface area contributed by atoms with Crippen molar-refractivity contribution in [3.8, 4) is 44.5 Å². The van der Waals surface area contributed by atoms with Gasteiger partial charge in [-0.2, -0.15) is 0 Å². The van der Waals surface area contributed by atoms with Crippen LogP contribution in [0.15, 0.2) is 205 Å². The van der Waals surface area contributed by atoms with Crippen molar-refractivity contribution in [1.29, 1.82) is 0 Å². The minimum atomic E-state index is -0.102. The lowest BCUT2D eigenvalue weighted by atomic mass is 9.82. The number of fused-ring (bicyclic) bond motifs is 7. The van der Waals surface area contributed by atoms with E-state index in [1.165, 1.54) is 66.4 Å². The van der Waals surface area contributed by atoms with Gasteiger partial charge >= 0.3 is 0 Å². The Balaban J connectivity index is 0.967. The molecule has 0 aliphatic heterocycles. The lowest BCUT2D eigenvalue weighted by Gasteiger charge is -2.28. The van der Waals surface area contributed by atoms with Gasteiger partial charge in [0.2, 0.25) is 0 Å². The normalized spacial score (nSPS) is 12.9. The third-order valence-corrected chi connectivity index (χ3v) is 12.1. The predicted molar refractivity (Wildman–Crippen MR) is 240 cm³/mol. The van der Waals surface area contributed by atoms with Crippen LogP contribution >= 0.6 is 0 Å². The summed E-state index contributed by atoms with van der Waals surface area (Å²) in [6.07, 6.45) is 0. The monoisotopic (exact) mass is 729 g/mol. The molecule has 1 aromatic heterocycles. The highest BCUT2D eigenvalue weighted by atomic mass is 16.3. The van der Waals surface area contributed by atoms with Crippen LogP contribution in [0, 0.1) is 0 Å². The Morgan fingerprint density at radius 1 is 0.351 bits per heavy atom. The highest BCUT2D eigenvalue weighted by Gasteiger charge is 2.35. The van der Waals surface area contributed by atoms with Crippen molar-refractivity contribution in [2.45, 2.75) is 19.3 Å². The van der Waals surface area contributed by atoms with E-state index in [4.69, 9.17) is 4.42 Å². The molecule has 1 heterocycles. The number of hydrogen-bond acceptors (Lipinski definition) is 2. The van der Waals surface area contributed by atoms with Crippen LogP contribution < -0.4 is 4.90 Å². The van der Waals surface area contributed by atoms with Gasteiger partial charge in [-0.15, -0.1) is 0 Å². The Morgan fingerprint density at radius 2 is 0.877 bits per heavy atom. The minimum absolute atomic E-state index is 0.102. The van der Waals surface area contributed by atoms with Crippen LogP contribution in [0.4, 0.5) is 17.1 Å². The molecule has 11 rings (SSSR count). The lowest BCUT2D eigenvalue weighted by Crippen LogP contribution is -2.16. The van der Waals surface area contributed by atoms with Gasteiger partial charge in [-0.25, -0.2) is 0 Å². The molecule has 1 aliphatic carbocycles. The van der Waals surface area contributed by atoms with Gasteiger partial charge in [0.25, 0.3) is 0 Å². The Bertz CT molecular complexity index is 3130. The Labute approximate surface area is 332 Å². The molecule has 0 unspecified atom stereocenters. The fourth-order valence-corrected chi connectivity index (χ4v) is 9.11. The average Bonchev–Trinajstić information content (AvgIpc) is 3.75. The molecule has 2 heteroatoms. The standard InChI is InChI=1S/C55H39NO/c1-55(2)51-16-7-5-13-47(51)48-32-31-44(35-52(48)55)56(43-29-24-38(25-30-43)41-26-33-54-50(34-41)49-14-6-8-17-53(49)57-54)42-27-22-37(23-28-42)36-18-20-40(21-19-36)46-15-9-11-39-10-3-4-12-45(39)46/h3-35H,1-2H3. The van der Waals surface area contributed by atoms with Crippen LogP contribution in [-0.4, -0.2) is 0 Å². The summed E-state index contributed by atoms with van der Waals surface area (Å²) in [5.74, 6) is 0. The first-order chi connectivity index (χ1) is 28.0. The summed E-state index contributed by atoms with van der Waals surface area (Å²) in [6, 6.07) is 72.7. The van der Waals surface area contributed by atoms with Gasteiger partial charge in [-0.3, -0.25) is 0 Å². The van der Waals surface area contributed by atoms with Crippen molar-refractivity contribution in [3.05, 3.63) is 211 Å². The van der Waals surface area contributed by atoms with E-state index in [0.717, 1.165) is 39.0 Å². The van der Waals surface area contributed by atoms with E-state index < -0.39 is 0 Å². The zero-order valence-electron chi connectivity index (χ0n) is 31.9. The molecule has 2 nitrogen and oxygen atoms in total. The number of hydrogen-bond donors (Lipinski definition) is 0. The van der Waals surface area contributed by atoms with Gasteiger partial charge in [-0.1, -0.05) is 159 Å². The fourth-order valence-electron chi connectivity index (χ4n) is 9.11. The largest absolute Gasteiger partial charge is 0.456 e. The second-order valence-corrected chi connectivity index (χ2v) is 15.7. The van der Waals surface area contributed by atoms with Crippen molar-refractivity contribution in [1.82, 2.24) is 0 Å². The summed E-state index contributed by atoms with van der Waals surface area (Å²) in [4.78, 5) is 2.39. The Hall–Kier alpha value is -7.16. The van der Waals surface area contributed by atoms with E-state index in [0.29, 0.717) is 0 Å². The molecule has 10 aromatic rings. The van der Waals surface area contributed by atoms with Gasteiger partial charge in [0.1, 0.15) is 11.2 Å². The quantitative estimate of drug-likeness (QED) is 0.169. The highest BCUT2D eigenvalue weighted by Crippen LogP contribution is 2.50. The molecule has 0 fully saturated rings. The number of furan rings is 1. The number of para-hydroxylation sites is 1. The maximum Gasteiger partial charge on any atom is 0.135 e. The van der Waals surface area contributed by atoms with Crippen molar-refractivity contribution in [2.75, 3.05) is 4.90 Å². The zero-order chi connectivity index (χ0) is 38.1. The summed E-state index contributed by atoms with van der Waals surface area (Å²) < 4.78 is 6.13. The van der Waals surface area contributed by atoms with Crippen LogP contribution in [0.25, 0.3) is 77.2 Å². The molecule has 0 N–H and O–H groups in total. The van der Waals surface area contributed by atoms with Crippen LogP contribution in [0.3, 0.4) is 0 Å². The topological polar surface area (TPSA) is 16.4 Å². The van der Waals surface area contributed by atoms with E-state index in [1.807, 2.05) is 12.1 Å². The molecular weight excluding hydrogens is 691 g/mol. The molecule has 0 radical (unpaired) electrons. The van der Waals surface area contributed by atoms with E-state index in [2.05, 4.69) is 207 Å². The molecule has 1 aliphatic rings. The van der Waals surface area contributed by atoms with Crippen molar-refractivity contribution in [2.24, 2.45) is 0 Å². The highest BCUT2D eigenvalue weighted by molar-refractivity contribution is 6.06.